The predicted molar refractivity (Wildman–Crippen MR) is 146 cm³/mol. The first-order valence-corrected chi connectivity index (χ1v) is 13.4. The Hall–Kier alpha value is -3.05. The molecule has 1 aromatic carbocycles. The summed E-state index contributed by atoms with van der Waals surface area (Å²) in [6.45, 7) is 9.26. The molecule has 8 nitrogen and oxygen atoms in total. The molecule has 1 saturated heterocycles. The molecular weight excluding hydrogens is 511 g/mol. The third-order valence-corrected chi connectivity index (χ3v) is 6.66. The minimum atomic E-state index is -4.62. The molecule has 216 valence electrons. The van der Waals surface area contributed by atoms with E-state index in [0.717, 1.165) is 30.7 Å². The zero-order valence-corrected chi connectivity index (χ0v) is 23.1. The lowest BCUT2D eigenvalue weighted by Crippen LogP contribution is -2.52. The van der Waals surface area contributed by atoms with Gasteiger partial charge in [-0.1, -0.05) is 26.8 Å². The number of anilines is 2. The van der Waals surface area contributed by atoms with E-state index in [1.165, 1.54) is 19.2 Å². The second-order valence-corrected chi connectivity index (χ2v) is 10.1. The Morgan fingerprint density at radius 1 is 1.13 bits per heavy atom. The summed E-state index contributed by atoms with van der Waals surface area (Å²) >= 11 is 0. The number of morpholine rings is 1. The summed E-state index contributed by atoms with van der Waals surface area (Å²) < 4.78 is 52.5. The minimum Gasteiger partial charge on any atom is -0.481 e. The number of hydrogen-bond donors (Lipinski definition) is 3. The molecule has 1 aliphatic heterocycles. The van der Waals surface area contributed by atoms with Gasteiger partial charge in [-0.15, -0.1) is 0 Å². The molecule has 1 amide bonds. The highest BCUT2D eigenvalue weighted by molar-refractivity contribution is 5.82. The molecule has 2 heterocycles. The van der Waals surface area contributed by atoms with Gasteiger partial charge in [-0.2, -0.15) is 13.2 Å². The summed E-state index contributed by atoms with van der Waals surface area (Å²) in [6.07, 6.45) is -2.64. The van der Waals surface area contributed by atoms with Crippen LogP contribution in [0.4, 0.5) is 24.5 Å². The summed E-state index contributed by atoms with van der Waals surface area (Å²) in [5.74, 6) is -0.250. The predicted octanol–water partition coefficient (Wildman–Crippen LogP) is 4.54. The fourth-order valence-electron chi connectivity index (χ4n) is 4.44. The SMILES string of the molecule is CC[C@@H](CNc1ccc(N2CCOCC2)cc1)NC(=O)[C@H](CC(C)C)N[C@@H](c1ccc(OC)nc1)C(F)(F)F. The van der Waals surface area contributed by atoms with E-state index in [-0.39, 0.29) is 29.8 Å². The molecule has 11 heteroatoms. The molecule has 3 rings (SSSR count). The van der Waals surface area contributed by atoms with Crippen LogP contribution in [0.3, 0.4) is 0 Å². The van der Waals surface area contributed by atoms with Crippen LogP contribution in [0.2, 0.25) is 0 Å². The van der Waals surface area contributed by atoms with Crippen LogP contribution in [0.5, 0.6) is 5.88 Å². The Balaban J connectivity index is 1.64. The zero-order valence-electron chi connectivity index (χ0n) is 23.1. The molecule has 0 aliphatic carbocycles. The highest BCUT2D eigenvalue weighted by Crippen LogP contribution is 2.33. The Morgan fingerprint density at radius 2 is 1.82 bits per heavy atom. The maximum Gasteiger partial charge on any atom is 0.407 e. The molecule has 1 aromatic heterocycles. The number of nitrogens with one attached hydrogen (secondary N) is 3. The van der Waals surface area contributed by atoms with Gasteiger partial charge in [0, 0.05) is 49.3 Å². The number of ether oxygens (including phenoxy) is 2. The van der Waals surface area contributed by atoms with E-state index < -0.39 is 24.2 Å². The molecule has 3 atom stereocenters. The van der Waals surface area contributed by atoms with Gasteiger partial charge in [0.15, 0.2) is 0 Å². The van der Waals surface area contributed by atoms with Gasteiger partial charge in [-0.3, -0.25) is 10.1 Å². The van der Waals surface area contributed by atoms with Gasteiger partial charge < -0.3 is 25.0 Å². The molecule has 39 heavy (non-hydrogen) atoms. The van der Waals surface area contributed by atoms with Crippen LogP contribution < -0.4 is 25.6 Å². The first-order valence-electron chi connectivity index (χ1n) is 13.4. The van der Waals surface area contributed by atoms with Crippen LogP contribution >= 0.6 is 0 Å². The smallest absolute Gasteiger partial charge is 0.407 e. The molecule has 0 saturated carbocycles. The number of benzene rings is 1. The third kappa shape index (κ3) is 9.28. The summed E-state index contributed by atoms with van der Waals surface area (Å²) in [5, 5.41) is 8.84. The Labute approximate surface area is 228 Å². The van der Waals surface area contributed by atoms with Gasteiger partial charge in [0.25, 0.3) is 0 Å². The van der Waals surface area contributed by atoms with E-state index in [0.29, 0.717) is 26.2 Å². The first-order chi connectivity index (χ1) is 18.6. The van der Waals surface area contributed by atoms with E-state index >= 15 is 0 Å². The van der Waals surface area contributed by atoms with Crippen LogP contribution in [0.15, 0.2) is 42.6 Å². The average Bonchev–Trinajstić information content (AvgIpc) is 2.93. The summed E-state index contributed by atoms with van der Waals surface area (Å²) in [5.41, 5.74) is 1.94. The summed E-state index contributed by atoms with van der Waals surface area (Å²) in [7, 11) is 1.39. The molecule has 0 bridgehead atoms. The second-order valence-electron chi connectivity index (χ2n) is 10.1. The highest BCUT2D eigenvalue weighted by atomic mass is 19.4. The highest BCUT2D eigenvalue weighted by Gasteiger charge is 2.43. The Bertz CT molecular complexity index is 1010. The van der Waals surface area contributed by atoms with E-state index in [1.807, 2.05) is 45.0 Å². The average molecular weight is 552 g/mol. The van der Waals surface area contributed by atoms with Crippen LogP contribution in [-0.2, 0) is 9.53 Å². The number of halogens is 3. The van der Waals surface area contributed by atoms with Crippen molar-refractivity contribution in [3.63, 3.8) is 0 Å². The van der Waals surface area contributed by atoms with Crippen molar-refractivity contribution in [3.8, 4) is 5.88 Å². The standard InChI is InChI=1S/C28H40F3N5O3/c1-5-21(18-32-22-7-9-23(10-8-22)36-12-14-39-15-13-36)34-27(37)24(16-19(2)3)35-26(28(29,30)31)20-6-11-25(38-4)33-17-20/h6-11,17,19,21,24,26,32,35H,5,12-16,18H2,1-4H3,(H,34,37)/t21-,24-,26-/m0/s1. The van der Waals surface area contributed by atoms with Crippen LogP contribution in [-0.4, -0.2) is 69.1 Å². The zero-order chi connectivity index (χ0) is 28.4. The molecule has 1 aliphatic rings. The molecular formula is C28H40F3N5O3. The van der Waals surface area contributed by atoms with Crippen molar-refractivity contribution in [2.24, 2.45) is 5.92 Å². The van der Waals surface area contributed by atoms with Crippen molar-refractivity contribution in [3.05, 3.63) is 48.2 Å². The Morgan fingerprint density at radius 3 is 2.36 bits per heavy atom. The van der Waals surface area contributed by atoms with Gasteiger partial charge in [0.05, 0.1) is 26.4 Å². The monoisotopic (exact) mass is 551 g/mol. The van der Waals surface area contributed by atoms with Crippen molar-refractivity contribution in [2.45, 2.75) is 57.9 Å². The number of alkyl halides is 3. The quantitative estimate of drug-likeness (QED) is 0.337. The van der Waals surface area contributed by atoms with E-state index in [1.54, 1.807) is 0 Å². The van der Waals surface area contributed by atoms with Gasteiger partial charge in [-0.25, -0.2) is 4.98 Å². The molecule has 0 radical (unpaired) electrons. The fraction of sp³-hybridized carbons (Fsp3) is 0.571. The van der Waals surface area contributed by atoms with Crippen molar-refractivity contribution in [1.82, 2.24) is 15.6 Å². The van der Waals surface area contributed by atoms with Crippen LogP contribution in [0, 0.1) is 5.92 Å². The lowest BCUT2D eigenvalue weighted by atomic mass is 9.99. The van der Waals surface area contributed by atoms with E-state index in [9.17, 15) is 18.0 Å². The van der Waals surface area contributed by atoms with Gasteiger partial charge in [0.2, 0.25) is 11.8 Å². The third-order valence-electron chi connectivity index (χ3n) is 6.66. The van der Waals surface area contributed by atoms with Crippen molar-refractivity contribution in [2.75, 3.05) is 50.2 Å². The topological polar surface area (TPSA) is 87.8 Å². The van der Waals surface area contributed by atoms with Crippen molar-refractivity contribution in [1.29, 1.82) is 0 Å². The minimum absolute atomic E-state index is 0.000640. The number of pyridine rings is 1. The number of nitrogens with zero attached hydrogens (tertiary/aromatic N) is 2. The number of amides is 1. The maximum atomic E-state index is 14.1. The molecule has 1 fully saturated rings. The van der Waals surface area contributed by atoms with E-state index in [2.05, 4.69) is 25.8 Å². The van der Waals surface area contributed by atoms with Gasteiger partial charge in [-0.05, 0) is 48.6 Å². The second kappa shape index (κ2) is 14.4. The maximum absolute atomic E-state index is 14.1. The summed E-state index contributed by atoms with van der Waals surface area (Å²) in [4.78, 5) is 19.4. The van der Waals surface area contributed by atoms with Crippen LogP contribution in [0.25, 0.3) is 0 Å². The lowest BCUT2D eigenvalue weighted by Gasteiger charge is -2.30. The first kappa shape index (κ1) is 30.5. The molecule has 0 unspecified atom stereocenters. The van der Waals surface area contributed by atoms with Crippen LogP contribution in [0.1, 0.15) is 45.2 Å². The normalized spacial score (nSPS) is 16.5. The molecule has 3 N–H and O–H groups in total. The largest absolute Gasteiger partial charge is 0.481 e. The van der Waals surface area contributed by atoms with Gasteiger partial charge >= 0.3 is 6.18 Å². The fourth-order valence-corrected chi connectivity index (χ4v) is 4.44. The molecule has 0 spiro atoms. The number of methoxy groups -OCH3 is 1. The lowest BCUT2D eigenvalue weighted by molar-refractivity contribution is -0.161. The Kier molecular flexibility index (Phi) is 11.2. The number of aromatic nitrogens is 1. The van der Waals surface area contributed by atoms with E-state index in [4.69, 9.17) is 9.47 Å². The number of hydrogen-bond acceptors (Lipinski definition) is 7. The number of rotatable bonds is 13. The summed E-state index contributed by atoms with van der Waals surface area (Å²) in [6, 6.07) is 7.39. The number of carbonyl (C=O) groups excluding carboxylic acids is 1. The molecule has 2 aromatic rings. The van der Waals surface area contributed by atoms with Crippen molar-refractivity contribution < 1.29 is 27.4 Å². The van der Waals surface area contributed by atoms with Crippen molar-refractivity contribution >= 4 is 17.3 Å². The number of carbonyl (C=O) groups is 1. The van der Waals surface area contributed by atoms with Gasteiger partial charge in [0.1, 0.15) is 6.04 Å².